The van der Waals surface area contributed by atoms with Gasteiger partial charge >= 0.3 is 0 Å². The van der Waals surface area contributed by atoms with Gasteiger partial charge in [0.1, 0.15) is 5.75 Å². The van der Waals surface area contributed by atoms with Gasteiger partial charge in [-0.3, -0.25) is 4.79 Å². The number of fused-ring (bicyclic) bond motifs is 1. The average molecular weight is 339 g/mol. The van der Waals surface area contributed by atoms with E-state index in [1.165, 1.54) is 19.3 Å². The minimum Gasteiger partial charge on any atom is -0.497 e. The zero-order chi connectivity index (χ0) is 17.6. The van der Waals surface area contributed by atoms with Gasteiger partial charge in [0.05, 0.1) is 7.11 Å². The maximum Gasteiger partial charge on any atom is 0.167 e. The van der Waals surface area contributed by atoms with Gasteiger partial charge in [-0.1, -0.05) is 38.0 Å². The Morgan fingerprint density at radius 2 is 1.96 bits per heavy atom. The standard InChI is InChI=1S/C22H29NO2/c1-3-4-5-12-23-13-6-7-20(16-23)22(24)19-9-8-18-15-21(25-2)11-10-17(18)14-19/h8-11,14-15,20H,3-7,12-13,16H2,1-2H3. The molecular formula is C22H29NO2. The fraction of sp³-hybridized carbons (Fsp3) is 0.500. The molecule has 1 atom stereocenters. The molecule has 3 rings (SSSR count). The number of carbonyl (C=O) groups is 1. The van der Waals surface area contributed by atoms with Crippen molar-refractivity contribution in [3.63, 3.8) is 0 Å². The first kappa shape index (κ1) is 17.9. The van der Waals surface area contributed by atoms with Gasteiger partial charge in [-0.05, 0) is 61.3 Å². The van der Waals surface area contributed by atoms with E-state index >= 15 is 0 Å². The molecule has 0 aromatic heterocycles. The number of methoxy groups -OCH3 is 1. The third-order valence-electron chi connectivity index (χ3n) is 5.29. The zero-order valence-electron chi connectivity index (χ0n) is 15.5. The predicted octanol–water partition coefficient (Wildman–Crippen LogP) is 4.93. The average Bonchev–Trinajstić information content (AvgIpc) is 2.67. The summed E-state index contributed by atoms with van der Waals surface area (Å²) in [6.45, 7) is 5.43. The molecule has 0 radical (unpaired) electrons. The quantitative estimate of drug-likeness (QED) is 0.529. The lowest BCUT2D eigenvalue weighted by molar-refractivity contribution is 0.0818. The number of Topliss-reactive ketones (excluding diaryl/α,β-unsaturated/α-hetero) is 1. The molecule has 1 aliphatic heterocycles. The number of nitrogens with zero attached hydrogens (tertiary/aromatic N) is 1. The smallest absolute Gasteiger partial charge is 0.167 e. The minimum atomic E-state index is 0.145. The van der Waals surface area contributed by atoms with Gasteiger partial charge in [0, 0.05) is 18.0 Å². The highest BCUT2D eigenvalue weighted by Gasteiger charge is 2.26. The van der Waals surface area contributed by atoms with Crippen LogP contribution >= 0.6 is 0 Å². The lowest BCUT2D eigenvalue weighted by Gasteiger charge is -2.32. The summed E-state index contributed by atoms with van der Waals surface area (Å²) in [6, 6.07) is 12.0. The number of ketones is 1. The molecule has 0 aliphatic carbocycles. The monoisotopic (exact) mass is 339 g/mol. The topological polar surface area (TPSA) is 29.5 Å². The van der Waals surface area contributed by atoms with Crippen LogP contribution in [0.5, 0.6) is 5.75 Å². The van der Waals surface area contributed by atoms with Crippen molar-refractivity contribution < 1.29 is 9.53 Å². The van der Waals surface area contributed by atoms with Gasteiger partial charge in [-0.25, -0.2) is 0 Å². The number of ether oxygens (including phenoxy) is 1. The molecule has 1 saturated heterocycles. The van der Waals surface area contributed by atoms with Gasteiger partial charge in [0.2, 0.25) is 0 Å². The molecule has 134 valence electrons. The third-order valence-corrected chi connectivity index (χ3v) is 5.29. The number of unbranched alkanes of at least 4 members (excludes halogenated alkanes) is 2. The SMILES string of the molecule is CCCCCN1CCCC(C(=O)c2ccc3cc(OC)ccc3c2)C1. The van der Waals surface area contributed by atoms with E-state index in [4.69, 9.17) is 4.74 Å². The molecule has 25 heavy (non-hydrogen) atoms. The number of hydrogen-bond acceptors (Lipinski definition) is 3. The van der Waals surface area contributed by atoms with Crippen molar-refractivity contribution in [2.75, 3.05) is 26.7 Å². The number of hydrogen-bond donors (Lipinski definition) is 0. The van der Waals surface area contributed by atoms with Crippen LogP contribution < -0.4 is 4.74 Å². The number of carbonyl (C=O) groups excluding carboxylic acids is 1. The fourth-order valence-corrected chi connectivity index (χ4v) is 3.80. The maximum atomic E-state index is 13.0. The number of rotatable bonds is 7. The molecule has 1 heterocycles. The molecule has 0 amide bonds. The van der Waals surface area contributed by atoms with E-state index in [2.05, 4.69) is 11.8 Å². The lowest BCUT2D eigenvalue weighted by Crippen LogP contribution is -2.39. The Balaban J connectivity index is 1.70. The lowest BCUT2D eigenvalue weighted by atomic mass is 9.89. The van der Waals surface area contributed by atoms with Crippen LogP contribution in [0.3, 0.4) is 0 Å². The van der Waals surface area contributed by atoms with Gasteiger partial charge < -0.3 is 9.64 Å². The van der Waals surface area contributed by atoms with E-state index in [0.717, 1.165) is 54.6 Å². The Bertz CT molecular complexity index is 725. The van der Waals surface area contributed by atoms with Crippen LogP contribution in [0.1, 0.15) is 49.4 Å². The minimum absolute atomic E-state index is 0.145. The van der Waals surface area contributed by atoms with Crippen LogP contribution in [-0.4, -0.2) is 37.4 Å². The first-order chi connectivity index (χ1) is 12.2. The summed E-state index contributed by atoms with van der Waals surface area (Å²) in [5.41, 5.74) is 0.845. The van der Waals surface area contributed by atoms with Crippen molar-refractivity contribution >= 4 is 16.6 Å². The van der Waals surface area contributed by atoms with Crippen molar-refractivity contribution in [2.24, 2.45) is 5.92 Å². The van der Waals surface area contributed by atoms with E-state index < -0.39 is 0 Å². The van der Waals surface area contributed by atoms with Gasteiger partial charge in [0.25, 0.3) is 0 Å². The molecular weight excluding hydrogens is 310 g/mol. The Kier molecular flexibility index (Phi) is 6.09. The molecule has 2 aromatic carbocycles. The molecule has 0 saturated carbocycles. The molecule has 1 fully saturated rings. The highest BCUT2D eigenvalue weighted by Crippen LogP contribution is 2.25. The summed E-state index contributed by atoms with van der Waals surface area (Å²) in [6.07, 6.45) is 5.92. The predicted molar refractivity (Wildman–Crippen MR) is 104 cm³/mol. The summed E-state index contributed by atoms with van der Waals surface area (Å²) < 4.78 is 5.27. The summed E-state index contributed by atoms with van der Waals surface area (Å²) >= 11 is 0. The third kappa shape index (κ3) is 4.40. The highest BCUT2D eigenvalue weighted by atomic mass is 16.5. The maximum absolute atomic E-state index is 13.0. The number of likely N-dealkylation sites (tertiary alicyclic amines) is 1. The molecule has 0 spiro atoms. The second kappa shape index (κ2) is 8.48. The van der Waals surface area contributed by atoms with Crippen molar-refractivity contribution in [1.82, 2.24) is 4.90 Å². The first-order valence-corrected chi connectivity index (χ1v) is 9.55. The normalized spacial score (nSPS) is 18.4. The van der Waals surface area contributed by atoms with Crippen molar-refractivity contribution in [3.8, 4) is 5.75 Å². The second-order valence-electron chi connectivity index (χ2n) is 7.14. The second-order valence-corrected chi connectivity index (χ2v) is 7.14. The largest absolute Gasteiger partial charge is 0.497 e. The van der Waals surface area contributed by atoms with E-state index in [1.807, 2.05) is 36.4 Å². The van der Waals surface area contributed by atoms with Crippen LogP contribution in [-0.2, 0) is 0 Å². The van der Waals surface area contributed by atoms with Gasteiger partial charge in [-0.2, -0.15) is 0 Å². The fourth-order valence-electron chi connectivity index (χ4n) is 3.80. The van der Waals surface area contributed by atoms with Crippen LogP contribution in [0, 0.1) is 5.92 Å². The Labute approximate surface area is 151 Å². The van der Waals surface area contributed by atoms with E-state index in [-0.39, 0.29) is 5.92 Å². The number of piperidine rings is 1. The summed E-state index contributed by atoms with van der Waals surface area (Å²) in [5.74, 6) is 1.30. The molecule has 2 aromatic rings. The van der Waals surface area contributed by atoms with Gasteiger partial charge in [-0.15, -0.1) is 0 Å². The highest BCUT2D eigenvalue weighted by molar-refractivity contribution is 6.01. The summed E-state index contributed by atoms with van der Waals surface area (Å²) in [5, 5.41) is 2.21. The van der Waals surface area contributed by atoms with Crippen LogP contribution in [0.4, 0.5) is 0 Å². The zero-order valence-corrected chi connectivity index (χ0v) is 15.5. The Hall–Kier alpha value is -1.87. The van der Waals surface area contributed by atoms with E-state index in [0.29, 0.717) is 5.78 Å². The van der Waals surface area contributed by atoms with Crippen molar-refractivity contribution in [3.05, 3.63) is 42.0 Å². The van der Waals surface area contributed by atoms with Crippen LogP contribution in [0.2, 0.25) is 0 Å². The Morgan fingerprint density at radius 1 is 1.16 bits per heavy atom. The van der Waals surface area contributed by atoms with E-state index in [9.17, 15) is 4.79 Å². The van der Waals surface area contributed by atoms with Crippen molar-refractivity contribution in [1.29, 1.82) is 0 Å². The van der Waals surface area contributed by atoms with Crippen molar-refractivity contribution in [2.45, 2.75) is 39.0 Å². The summed E-state index contributed by atoms with van der Waals surface area (Å²) in [7, 11) is 1.68. The van der Waals surface area contributed by atoms with E-state index in [1.54, 1.807) is 7.11 Å². The molecule has 3 heteroatoms. The summed E-state index contributed by atoms with van der Waals surface area (Å²) in [4.78, 5) is 15.5. The van der Waals surface area contributed by atoms with Gasteiger partial charge in [0.15, 0.2) is 5.78 Å². The molecule has 0 bridgehead atoms. The molecule has 0 N–H and O–H groups in total. The number of benzene rings is 2. The van der Waals surface area contributed by atoms with Crippen LogP contribution in [0.25, 0.3) is 10.8 Å². The molecule has 1 aliphatic rings. The Morgan fingerprint density at radius 3 is 2.76 bits per heavy atom. The molecule has 1 unspecified atom stereocenters. The first-order valence-electron chi connectivity index (χ1n) is 9.55. The van der Waals surface area contributed by atoms with Crippen LogP contribution in [0.15, 0.2) is 36.4 Å². The molecule has 3 nitrogen and oxygen atoms in total.